The summed E-state index contributed by atoms with van der Waals surface area (Å²) < 4.78 is 1.20. The van der Waals surface area contributed by atoms with Crippen molar-refractivity contribution in [1.29, 1.82) is 0 Å². The normalized spacial score (nSPS) is 10.8. The molecule has 0 unspecified atom stereocenters. The molecule has 0 aliphatic heterocycles. The van der Waals surface area contributed by atoms with Crippen molar-refractivity contribution in [3.05, 3.63) is 32.7 Å². The number of nitrogens with zero attached hydrogens (tertiary/aromatic N) is 2. The fourth-order valence-electron chi connectivity index (χ4n) is 3.06. The van der Waals surface area contributed by atoms with Gasteiger partial charge in [0.15, 0.2) is 11.4 Å². The molecule has 1 rings (SSSR count). The zero-order valence-electron chi connectivity index (χ0n) is 16.0. The number of aromatic nitrogens is 1. The molecule has 25 heavy (non-hydrogen) atoms. The van der Waals surface area contributed by atoms with Crippen LogP contribution in [0.2, 0.25) is 0 Å². The summed E-state index contributed by atoms with van der Waals surface area (Å²) in [5.74, 6) is 0.173. The Hall–Kier alpha value is -1.98. The van der Waals surface area contributed by atoms with Gasteiger partial charge in [0.05, 0.1) is 11.4 Å². The van der Waals surface area contributed by atoms with Gasteiger partial charge in [-0.3, -0.25) is 9.79 Å². The van der Waals surface area contributed by atoms with Crippen molar-refractivity contribution in [3.8, 4) is 0 Å². The Labute approximate surface area is 150 Å². The van der Waals surface area contributed by atoms with Gasteiger partial charge < -0.3 is 16.7 Å². The third-order valence-electron chi connectivity index (χ3n) is 4.85. The molecule has 0 amide bonds. The Morgan fingerprint density at radius 3 is 2.00 bits per heavy atom. The van der Waals surface area contributed by atoms with E-state index in [-0.39, 0.29) is 11.4 Å². The first kappa shape index (κ1) is 21.1. The van der Waals surface area contributed by atoms with Crippen LogP contribution in [0.5, 0.6) is 0 Å². The summed E-state index contributed by atoms with van der Waals surface area (Å²) in [4.78, 5) is 16.1. The van der Waals surface area contributed by atoms with Gasteiger partial charge in [0.1, 0.15) is 0 Å². The Morgan fingerprint density at radius 2 is 1.44 bits per heavy atom. The second kappa shape index (κ2) is 10.8. The highest BCUT2D eigenvalue weighted by atomic mass is 16.5. The van der Waals surface area contributed by atoms with Gasteiger partial charge in [-0.2, -0.15) is 4.73 Å². The average molecular weight is 351 g/mol. The molecule has 0 aromatic carbocycles. The highest BCUT2D eigenvalue weighted by Crippen LogP contribution is 2.14. The molecule has 1 heterocycles. The number of guanidine groups is 1. The topological polar surface area (TPSA) is 107 Å². The van der Waals surface area contributed by atoms with Gasteiger partial charge >= 0.3 is 0 Å². The quantitative estimate of drug-likeness (QED) is 0.247. The molecule has 0 aliphatic rings. The van der Waals surface area contributed by atoms with E-state index in [0.29, 0.717) is 16.8 Å². The van der Waals surface area contributed by atoms with Gasteiger partial charge in [0.25, 0.3) is 0 Å². The number of nitrogens with two attached hydrogens (primary N) is 2. The van der Waals surface area contributed by atoms with E-state index < -0.39 is 0 Å². The second-order valence-electron chi connectivity index (χ2n) is 6.81. The lowest BCUT2D eigenvalue weighted by molar-refractivity contribution is 0.165. The van der Waals surface area contributed by atoms with Crippen LogP contribution in [0.15, 0.2) is 9.79 Å². The molecule has 6 nitrogen and oxygen atoms in total. The van der Waals surface area contributed by atoms with Gasteiger partial charge in [-0.1, -0.05) is 38.5 Å². The van der Waals surface area contributed by atoms with Crippen LogP contribution in [0.25, 0.3) is 0 Å². The summed E-state index contributed by atoms with van der Waals surface area (Å²) in [5, 5.41) is 10.2. The maximum Gasteiger partial charge on any atom is 0.188 e. The largest absolute Gasteiger partial charge is 0.428 e. The molecule has 5 N–H and O–H groups in total. The molecule has 6 heteroatoms. The van der Waals surface area contributed by atoms with Crippen molar-refractivity contribution >= 4 is 5.96 Å². The molecule has 142 valence electrons. The highest BCUT2D eigenvalue weighted by molar-refractivity contribution is 5.75. The molecule has 0 spiro atoms. The minimum Gasteiger partial charge on any atom is -0.428 e. The maximum atomic E-state index is 12.1. The van der Waals surface area contributed by atoms with E-state index in [1.165, 1.54) is 30.4 Å². The van der Waals surface area contributed by atoms with Gasteiger partial charge in [0.2, 0.25) is 0 Å². The minimum absolute atomic E-state index is 0.0542. The van der Waals surface area contributed by atoms with Crippen molar-refractivity contribution in [1.82, 2.24) is 4.73 Å². The average Bonchev–Trinajstić information content (AvgIpc) is 2.58. The van der Waals surface area contributed by atoms with E-state index in [0.717, 1.165) is 44.3 Å². The predicted molar refractivity (Wildman–Crippen MR) is 103 cm³/mol. The molecule has 1 aromatic heterocycles. The van der Waals surface area contributed by atoms with E-state index in [2.05, 4.69) is 4.99 Å². The molecule has 0 fully saturated rings. The number of pyridine rings is 1. The zero-order chi connectivity index (χ0) is 18.8. The SMILES string of the molecule is Cc1c(C)n(O)c(CCCCCCCCCCN=C(N)N)c(C)c1=O. The molecule has 0 aliphatic carbocycles. The highest BCUT2D eigenvalue weighted by Gasteiger charge is 2.13. The van der Waals surface area contributed by atoms with E-state index >= 15 is 0 Å². The van der Waals surface area contributed by atoms with E-state index in [1.807, 2.05) is 0 Å². The number of aliphatic imine (C=N–C) groups is 1. The number of unbranched alkanes of at least 4 members (excludes halogenated alkanes) is 7. The third-order valence-corrected chi connectivity index (χ3v) is 4.85. The number of hydrogen-bond acceptors (Lipinski definition) is 3. The van der Waals surface area contributed by atoms with Crippen LogP contribution in [0.3, 0.4) is 0 Å². The van der Waals surface area contributed by atoms with Crippen LogP contribution in [0, 0.1) is 20.8 Å². The Bertz CT molecular complexity index is 631. The van der Waals surface area contributed by atoms with Crippen LogP contribution in [0.1, 0.15) is 73.9 Å². The summed E-state index contributed by atoms with van der Waals surface area (Å²) in [6.45, 7) is 6.07. The molecule has 0 radical (unpaired) electrons. The lowest BCUT2D eigenvalue weighted by Crippen LogP contribution is -2.22. The molecular formula is C19H34N4O2. The monoisotopic (exact) mass is 350 g/mol. The smallest absolute Gasteiger partial charge is 0.188 e. The van der Waals surface area contributed by atoms with Crippen LogP contribution < -0.4 is 16.9 Å². The van der Waals surface area contributed by atoms with Gasteiger partial charge in [-0.15, -0.1) is 0 Å². The van der Waals surface area contributed by atoms with E-state index in [4.69, 9.17) is 11.5 Å². The summed E-state index contributed by atoms with van der Waals surface area (Å²) >= 11 is 0. The summed E-state index contributed by atoms with van der Waals surface area (Å²) in [5.41, 5.74) is 13.3. The van der Waals surface area contributed by atoms with Crippen molar-refractivity contribution in [2.45, 2.75) is 78.6 Å². The van der Waals surface area contributed by atoms with Crippen LogP contribution in [-0.2, 0) is 6.42 Å². The third kappa shape index (κ3) is 6.80. The Balaban J connectivity index is 2.21. The van der Waals surface area contributed by atoms with Crippen LogP contribution in [0.4, 0.5) is 0 Å². The lowest BCUT2D eigenvalue weighted by Gasteiger charge is -2.15. The van der Waals surface area contributed by atoms with Crippen LogP contribution >= 0.6 is 0 Å². The predicted octanol–water partition coefficient (Wildman–Crippen LogP) is 2.95. The molecule has 0 saturated carbocycles. The summed E-state index contributed by atoms with van der Waals surface area (Å²) in [6, 6.07) is 0. The lowest BCUT2D eigenvalue weighted by atomic mass is 10.0. The number of hydrogen-bond donors (Lipinski definition) is 3. The van der Waals surface area contributed by atoms with Crippen molar-refractivity contribution in [3.63, 3.8) is 0 Å². The Kier molecular flexibility index (Phi) is 9.10. The van der Waals surface area contributed by atoms with Crippen molar-refractivity contribution in [2.75, 3.05) is 6.54 Å². The van der Waals surface area contributed by atoms with Crippen LogP contribution in [-0.4, -0.2) is 22.4 Å². The van der Waals surface area contributed by atoms with Crippen molar-refractivity contribution < 1.29 is 5.21 Å². The maximum absolute atomic E-state index is 12.1. The zero-order valence-corrected chi connectivity index (χ0v) is 16.0. The summed E-state index contributed by atoms with van der Waals surface area (Å²) in [7, 11) is 0. The van der Waals surface area contributed by atoms with Gasteiger partial charge in [-0.05, 0) is 40.0 Å². The first-order valence-corrected chi connectivity index (χ1v) is 9.32. The van der Waals surface area contributed by atoms with E-state index in [9.17, 15) is 10.0 Å². The second-order valence-corrected chi connectivity index (χ2v) is 6.81. The fraction of sp³-hybridized carbons (Fsp3) is 0.684. The molecule has 1 aromatic rings. The molecular weight excluding hydrogens is 316 g/mol. The molecule has 0 atom stereocenters. The van der Waals surface area contributed by atoms with Gasteiger partial charge in [-0.25, -0.2) is 0 Å². The minimum atomic E-state index is 0.0542. The number of rotatable bonds is 11. The fourth-order valence-corrected chi connectivity index (χ4v) is 3.06. The first-order valence-electron chi connectivity index (χ1n) is 9.32. The van der Waals surface area contributed by atoms with Gasteiger partial charge in [0, 0.05) is 17.7 Å². The molecule has 0 bridgehead atoms. The Morgan fingerprint density at radius 1 is 0.920 bits per heavy atom. The standard InChI is InChI=1S/C19H34N4O2/c1-14-16(3)23(25)17(15(2)18(14)24)12-10-8-6-4-5-7-9-11-13-22-19(20)21/h25H,4-13H2,1-3H3,(H4,20,21,22). The van der Waals surface area contributed by atoms with E-state index in [1.54, 1.807) is 20.8 Å². The first-order chi connectivity index (χ1) is 11.9. The molecule has 0 saturated heterocycles. The van der Waals surface area contributed by atoms with Crippen molar-refractivity contribution in [2.24, 2.45) is 16.5 Å². The summed E-state index contributed by atoms with van der Waals surface area (Å²) in [6.07, 6.45) is 9.92.